The van der Waals surface area contributed by atoms with Gasteiger partial charge in [-0.15, -0.1) is 5.10 Å². The largest absolute Gasteiger partial charge is 0.344 e. The molecule has 2 N–H and O–H groups in total. The van der Waals surface area contributed by atoms with Gasteiger partial charge in [-0.2, -0.15) is 0 Å². The second-order valence-corrected chi connectivity index (χ2v) is 6.49. The zero-order valence-electron chi connectivity index (χ0n) is 13.7. The fraction of sp³-hybridized carbons (Fsp3) is 0.471. The van der Waals surface area contributed by atoms with E-state index in [-0.39, 0.29) is 11.9 Å². The molecule has 1 amide bonds. The maximum Gasteiger partial charge on any atom is 0.273 e. The van der Waals surface area contributed by atoms with E-state index >= 15 is 0 Å². The Bertz CT molecular complexity index is 696. The molecule has 1 saturated heterocycles. The van der Waals surface area contributed by atoms with E-state index in [0.717, 1.165) is 37.9 Å². The minimum Gasteiger partial charge on any atom is -0.344 e. The molecule has 1 fully saturated rings. The lowest BCUT2D eigenvalue weighted by atomic mass is 10.0. The van der Waals surface area contributed by atoms with Gasteiger partial charge >= 0.3 is 0 Å². The Kier molecular flexibility index (Phi) is 5.48. The number of rotatable bonds is 5. The number of hydrogen-bond acceptors (Lipinski definition) is 4. The van der Waals surface area contributed by atoms with Gasteiger partial charge in [-0.05, 0) is 50.0 Å². The molecule has 1 aliphatic heterocycles. The molecule has 2 aromatic rings. The molecule has 1 aliphatic rings. The molecule has 0 bridgehead atoms. The van der Waals surface area contributed by atoms with Crippen LogP contribution in [0.2, 0.25) is 5.02 Å². The summed E-state index contributed by atoms with van der Waals surface area (Å²) in [6.45, 7) is 3.97. The summed E-state index contributed by atoms with van der Waals surface area (Å²) in [7, 11) is 0. The van der Waals surface area contributed by atoms with Gasteiger partial charge in [-0.1, -0.05) is 35.9 Å². The highest BCUT2D eigenvalue weighted by Crippen LogP contribution is 2.21. The monoisotopic (exact) mass is 347 g/mol. The molecule has 0 unspecified atom stereocenters. The van der Waals surface area contributed by atoms with Gasteiger partial charge in [0.15, 0.2) is 5.69 Å². The summed E-state index contributed by atoms with van der Waals surface area (Å²) in [4.78, 5) is 12.5. The summed E-state index contributed by atoms with van der Waals surface area (Å²) < 4.78 is 1.82. The summed E-state index contributed by atoms with van der Waals surface area (Å²) in [5.41, 5.74) is 1.35. The van der Waals surface area contributed by atoms with E-state index in [1.54, 1.807) is 6.20 Å². The van der Waals surface area contributed by atoms with Crippen molar-refractivity contribution < 1.29 is 4.79 Å². The lowest BCUT2D eigenvalue weighted by molar-refractivity contribution is 0.0930. The van der Waals surface area contributed by atoms with Gasteiger partial charge in [-0.3, -0.25) is 4.79 Å². The molecule has 3 rings (SSSR count). The molecular formula is C17H22ClN5O. The quantitative estimate of drug-likeness (QED) is 0.872. The van der Waals surface area contributed by atoms with Crippen molar-refractivity contribution in [1.82, 2.24) is 25.6 Å². The van der Waals surface area contributed by atoms with Crippen molar-refractivity contribution in [3.05, 3.63) is 46.7 Å². The van der Waals surface area contributed by atoms with Crippen molar-refractivity contribution in [2.45, 2.75) is 38.3 Å². The van der Waals surface area contributed by atoms with Crippen molar-refractivity contribution in [1.29, 1.82) is 0 Å². The molecule has 24 heavy (non-hydrogen) atoms. The number of nitrogens with one attached hydrogen (secondary N) is 2. The Labute approximate surface area is 146 Å². The standard InChI is InChI=1S/C17H22ClN5O/c1-2-15(12-4-3-5-13(18)10-12)20-17(24)16-11-23(22-21-16)14-6-8-19-9-7-14/h3-5,10-11,14-15,19H,2,6-9H2,1H3,(H,20,24)/t15-/m0/s1. The Morgan fingerprint density at radius 2 is 2.25 bits per heavy atom. The van der Waals surface area contributed by atoms with Crippen LogP contribution in [0.15, 0.2) is 30.5 Å². The number of carbonyl (C=O) groups is 1. The summed E-state index contributed by atoms with van der Waals surface area (Å²) in [6.07, 6.45) is 4.53. The van der Waals surface area contributed by atoms with Crippen LogP contribution in [0, 0.1) is 0 Å². The Morgan fingerprint density at radius 3 is 2.96 bits per heavy atom. The maximum absolute atomic E-state index is 12.5. The summed E-state index contributed by atoms with van der Waals surface area (Å²) in [5.74, 6) is -0.206. The third-order valence-electron chi connectivity index (χ3n) is 4.39. The molecule has 6 nitrogen and oxygen atoms in total. The van der Waals surface area contributed by atoms with Crippen molar-refractivity contribution in [2.75, 3.05) is 13.1 Å². The summed E-state index contributed by atoms with van der Waals surface area (Å²) in [6, 6.07) is 7.77. The van der Waals surface area contributed by atoms with Gasteiger partial charge < -0.3 is 10.6 Å². The number of halogens is 1. The predicted molar refractivity (Wildman–Crippen MR) is 93.1 cm³/mol. The highest BCUT2D eigenvalue weighted by atomic mass is 35.5. The van der Waals surface area contributed by atoms with Crippen molar-refractivity contribution in [2.24, 2.45) is 0 Å². The minimum atomic E-state index is -0.206. The highest BCUT2D eigenvalue weighted by Gasteiger charge is 2.20. The predicted octanol–water partition coefficient (Wildman–Crippen LogP) is 2.74. The first-order valence-corrected chi connectivity index (χ1v) is 8.74. The third-order valence-corrected chi connectivity index (χ3v) is 4.63. The van der Waals surface area contributed by atoms with Gasteiger partial charge in [0.25, 0.3) is 5.91 Å². The van der Waals surface area contributed by atoms with E-state index in [9.17, 15) is 4.79 Å². The lowest BCUT2D eigenvalue weighted by Gasteiger charge is -2.22. The highest BCUT2D eigenvalue weighted by molar-refractivity contribution is 6.30. The van der Waals surface area contributed by atoms with Crippen molar-refractivity contribution in [3.63, 3.8) is 0 Å². The van der Waals surface area contributed by atoms with E-state index in [2.05, 4.69) is 20.9 Å². The topological polar surface area (TPSA) is 71.8 Å². The van der Waals surface area contributed by atoms with Crippen molar-refractivity contribution >= 4 is 17.5 Å². The van der Waals surface area contributed by atoms with Crippen LogP contribution in [0.5, 0.6) is 0 Å². The molecule has 0 radical (unpaired) electrons. The molecule has 0 aliphatic carbocycles. The number of carbonyl (C=O) groups excluding carboxylic acids is 1. The van der Waals surface area contributed by atoms with Crippen LogP contribution in [0.4, 0.5) is 0 Å². The zero-order chi connectivity index (χ0) is 16.9. The van der Waals surface area contributed by atoms with Gasteiger partial charge in [0.1, 0.15) is 0 Å². The van der Waals surface area contributed by atoms with E-state index in [1.165, 1.54) is 0 Å². The van der Waals surface area contributed by atoms with E-state index in [4.69, 9.17) is 11.6 Å². The minimum absolute atomic E-state index is 0.0970. The van der Waals surface area contributed by atoms with Crippen LogP contribution in [0.25, 0.3) is 0 Å². The molecule has 1 aromatic heterocycles. The SMILES string of the molecule is CC[C@H](NC(=O)c1cn(C2CCNCC2)nn1)c1cccc(Cl)c1. The fourth-order valence-corrected chi connectivity index (χ4v) is 3.21. The molecule has 2 heterocycles. The average molecular weight is 348 g/mol. The molecule has 1 atom stereocenters. The molecule has 0 spiro atoms. The summed E-state index contributed by atoms with van der Waals surface area (Å²) >= 11 is 6.05. The summed E-state index contributed by atoms with van der Waals surface area (Å²) in [5, 5.41) is 15.2. The van der Waals surface area contributed by atoms with E-state index in [0.29, 0.717) is 16.8 Å². The van der Waals surface area contributed by atoms with Crippen LogP contribution in [-0.4, -0.2) is 34.0 Å². The van der Waals surface area contributed by atoms with Gasteiger partial charge in [0.05, 0.1) is 18.3 Å². The maximum atomic E-state index is 12.5. The van der Waals surface area contributed by atoms with Gasteiger partial charge in [-0.25, -0.2) is 4.68 Å². The zero-order valence-corrected chi connectivity index (χ0v) is 14.5. The fourth-order valence-electron chi connectivity index (χ4n) is 3.01. The third kappa shape index (κ3) is 3.94. The average Bonchev–Trinajstić information content (AvgIpc) is 3.10. The Morgan fingerprint density at radius 1 is 1.46 bits per heavy atom. The Hall–Kier alpha value is -1.92. The van der Waals surface area contributed by atoms with E-state index in [1.807, 2.05) is 35.9 Å². The van der Waals surface area contributed by atoms with Crippen LogP contribution in [-0.2, 0) is 0 Å². The number of hydrogen-bond donors (Lipinski definition) is 2. The number of piperidine rings is 1. The lowest BCUT2D eigenvalue weighted by Crippen LogP contribution is -2.30. The van der Waals surface area contributed by atoms with Crippen LogP contribution >= 0.6 is 11.6 Å². The molecule has 128 valence electrons. The van der Waals surface area contributed by atoms with Crippen LogP contribution in [0.1, 0.15) is 54.3 Å². The Balaban J connectivity index is 1.68. The van der Waals surface area contributed by atoms with Crippen LogP contribution in [0.3, 0.4) is 0 Å². The second kappa shape index (κ2) is 7.77. The second-order valence-electron chi connectivity index (χ2n) is 6.05. The van der Waals surface area contributed by atoms with E-state index < -0.39 is 0 Å². The number of aromatic nitrogens is 3. The van der Waals surface area contributed by atoms with Gasteiger partial charge in [0, 0.05) is 5.02 Å². The molecule has 7 heteroatoms. The first-order valence-electron chi connectivity index (χ1n) is 8.36. The molecule has 1 aromatic carbocycles. The first-order chi connectivity index (χ1) is 11.7. The van der Waals surface area contributed by atoms with Crippen LogP contribution < -0.4 is 10.6 Å². The first kappa shape index (κ1) is 16.9. The number of benzene rings is 1. The van der Waals surface area contributed by atoms with Crippen molar-refractivity contribution in [3.8, 4) is 0 Å². The smallest absolute Gasteiger partial charge is 0.273 e. The number of nitrogens with zero attached hydrogens (tertiary/aromatic N) is 3. The normalized spacial score (nSPS) is 16.8. The number of amides is 1. The molecular weight excluding hydrogens is 326 g/mol. The molecule has 0 saturated carbocycles. The van der Waals surface area contributed by atoms with Gasteiger partial charge in [0.2, 0.25) is 0 Å².